The van der Waals surface area contributed by atoms with Crippen molar-refractivity contribution in [1.82, 2.24) is 16.2 Å². The molecule has 0 aromatic heterocycles. The zero-order chi connectivity index (χ0) is 18.3. The van der Waals surface area contributed by atoms with E-state index in [1.807, 2.05) is 27.7 Å². The first-order valence-electron chi connectivity index (χ1n) is 7.85. The monoisotopic (exact) mass is 397 g/mol. The fraction of sp³-hybridized carbons (Fsp3) is 0.471. The molecule has 1 unspecified atom stereocenters. The third-order valence-corrected chi connectivity index (χ3v) is 3.79. The Morgan fingerprint density at radius 2 is 1.58 bits per heavy atom. The van der Waals surface area contributed by atoms with Crippen molar-refractivity contribution >= 4 is 33.7 Å². The van der Waals surface area contributed by atoms with Crippen LogP contribution in [-0.2, 0) is 9.59 Å². The van der Waals surface area contributed by atoms with Crippen molar-refractivity contribution in [2.75, 3.05) is 0 Å². The van der Waals surface area contributed by atoms with E-state index in [0.29, 0.717) is 12.0 Å². The summed E-state index contributed by atoms with van der Waals surface area (Å²) in [6.07, 6.45) is 0.349. The molecule has 3 amide bonds. The van der Waals surface area contributed by atoms with Gasteiger partial charge in [0.05, 0.1) is 0 Å². The molecule has 0 aliphatic carbocycles. The van der Waals surface area contributed by atoms with Gasteiger partial charge in [0, 0.05) is 16.5 Å². The van der Waals surface area contributed by atoms with Crippen LogP contribution in [0.1, 0.15) is 44.5 Å². The fourth-order valence-corrected chi connectivity index (χ4v) is 2.27. The van der Waals surface area contributed by atoms with Crippen molar-refractivity contribution in [3.63, 3.8) is 0 Å². The minimum Gasteiger partial charge on any atom is -0.344 e. The quantitative estimate of drug-likeness (QED) is 0.643. The minimum absolute atomic E-state index is 0.106. The fourth-order valence-electron chi connectivity index (χ4n) is 2.01. The normalized spacial score (nSPS) is 12.0. The topological polar surface area (TPSA) is 87.3 Å². The Morgan fingerprint density at radius 3 is 2.08 bits per heavy atom. The van der Waals surface area contributed by atoms with Gasteiger partial charge in [0.15, 0.2) is 0 Å². The first-order chi connectivity index (χ1) is 11.2. The first-order valence-corrected chi connectivity index (χ1v) is 8.65. The van der Waals surface area contributed by atoms with Gasteiger partial charge in [0.1, 0.15) is 6.04 Å². The van der Waals surface area contributed by atoms with E-state index < -0.39 is 17.9 Å². The number of nitrogens with one attached hydrogen (secondary N) is 3. The molecule has 0 aliphatic rings. The smallest absolute Gasteiger partial charge is 0.269 e. The molecule has 1 rings (SSSR count). The van der Waals surface area contributed by atoms with Crippen molar-refractivity contribution in [2.24, 2.45) is 11.8 Å². The van der Waals surface area contributed by atoms with Gasteiger partial charge < -0.3 is 5.32 Å². The molecule has 0 spiro atoms. The number of benzene rings is 1. The van der Waals surface area contributed by atoms with E-state index in [-0.39, 0.29) is 17.7 Å². The molecule has 0 radical (unpaired) electrons. The molecule has 3 N–H and O–H groups in total. The van der Waals surface area contributed by atoms with E-state index in [1.165, 1.54) is 0 Å². The molecule has 1 aromatic carbocycles. The SMILES string of the molecule is CC(C)CC(=O)NC(C(=O)NNC(=O)c1ccc(Br)cc1)C(C)C. The van der Waals surface area contributed by atoms with Gasteiger partial charge >= 0.3 is 0 Å². The van der Waals surface area contributed by atoms with Crippen LogP contribution in [0.3, 0.4) is 0 Å². The summed E-state index contributed by atoms with van der Waals surface area (Å²) >= 11 is 3.29. The number of hydrogen-bond acceptors (Lipinski definition) is 3. The lowest BCUT2D eigenvalue weighted by atomic mass is 10.0. The molecule has 0 heterocycles. The highest BCUT2D eigenvalue weighted by molar-refractivity contribution is 9.10. The van der Waals surface area contributed by atoms with Gasteiger partial charge in [-0.25, -0.2) is 0 Å². The predicted molar refractivity (Wildman–Crippen MR) is 96.0 cm³/mol. The molecule has 7 heteroatoms. The van der Waals surface area contributed by atoms with Crippen molar-refractivity contribution in [3.05, 3.63) is 34.3 Å². The van der Waals surface area contributed by atoms with Crippen LogP contribution in [0.2, 0.25) is 0 Å². The van der Waals surface area contributed by atoms with Crippen molar-refractivity contribution in [1.29, 1.82) is 0 Å². The van der Waals surface area contributed by atoms with E-state index in [4.69, 9.17) is 0 Å². The zero-order valence-electron chi connectivity index (χ0n) is 14.4. The third-order valence-electron chi connectivity index (χ3n) is 3.26. The molecule has 0 bridgehead atoms. The second kappa shape index (κ2) is 9.42. The second-order valence-electron chi connectivity index (χ2n) is 6.34. The van der Waals surface area contributed by atoms with Crippen LogP contribution in [0.25, 0.3) is 0 Å². The molecule has 24 heavy (non-hydrogen) atoms. The summed E-state index contributed by atoms with van der Waals surface area (Å²) in [5.41, 5.74) is 5.15. The molecule has 0 saturated heterocycles. The first kappa shape index (κ1) is 20.2. The van der Waals surface area contributed by atoms with Gasteiger partial charge in [0.25, 0.3) is 11.8 Å². The van der Waals surface area contributed by atoms with Crippen LogP contribution in [0.4, 0.5) is 0 Å². The summed E-state index contributed by atoms with van der Waals surface area (Å²) < 4.78 is 0.857. The van der Waals surface area contributed by atoms with E-state index in [9.17, 15) is 14.4 Å². The maximum Gasteiger partial charge on any atom is 0.269 e. The number of amides is 3. The van der Waals surface area contributed by atoms with E-state index in [0.717, 1.165) is 4.47 Å². The molecule has 1 aromatic rings. The second-order valence-corrected chi connectivity index (χ2v) is 7.25. The van der Waals surface area contributed by atoms with Crippen LogP contribution in [-0.4, -0.2) is 23.8 Å². The highest BCUT2D eigenvalue weighted by Crippen LogP contribution is 2.10. The van der Waals surface area contributed by atoms with Crippen LogP contribution in [0.15, 0.2) is 28.7 Å². The summed E-state index contributed by atoms with van der Waals surface area (Å²) in [5, 5.41) is 2.71. The molecular weight excluding hydrogens is 374 g/mol. The van der Waals surface area contributed by atoms with Crippen LogP contribution >= 0.6 is 15.9 Å². The maximum atomic E-state index is 12.2. The Balaban J connectivity index is 2.60. The van der Waals surface area contributed by atoms with E-state index >= 15 is 0 Å². The van der Waals surface area contributed by atoms with Gasteiger partial charge in [-0.1, -0.05) is 43.6 Å². The summed E-state index contributed by atoms with van der Waals surface area (Å²) in [5.74, 6) is -0.957. The molecule has 0 aliphatic heterocycles. The van der Waals surface area contributed by atoms with Crippen molar-refractivity contribution < 1.29 is 14.4 Å². The molecule has 1 atom stereocenters. The number of carbonyl (C=O) groups is 3. The Kier molecular flexibility index (Phi) is 7.91. The Morgan fingerprint density at radius 1 is 1.00 bits per heavy atom. The zero-order valence-corrected chi connectivity index (χ0v) is 15.9. The van der Waals surface area contributed by atoms with Gasteiger partial charge in [0.2, 0.25) is 5.91 Å². The summed E-state index contributed by atoms with van der Waals surface area (Å²) in [4.78, 5) is 36.1. The van der Waals surface area contributed by atoms with E-state index in [2.05, 4.69) is 32.1 Å². The lowest BCUT2D eigenvalue weighted by Crippen LogP contribution is -2.54. The molecular formula is C17H24BrN3O3. The summed E-state index contributed by atoms with van der Waals surface area (Å²) in [6.45, 7) is 7.53. The lowest BCUT2D eigenvalue weighted by molar-refractivity contribution is -0.130. The van der Waals surface area contributed by atoms with Gasteiger partial charge in [-0.3, -0.25) is 25.2 Å². The summed E-state index contributed by atoms with van der Waals surface area (Å²) in [6, 6.07) is 6.03. The highest BCUT2D eigenvalue weighted by Gasteiger charge is 2.24. The van der Waals surface area contributed by atoms with Crippen LogP contribution in [0.5, 0.6) is 0 Å². The Hall–Kier alpha value is -1.89. The van der Waals surface area contributed by atoms with Crippen LogP contribution in [0, 0.1) is 11.8 Å². The Labute approximate surface area is 150 Å². The van der Waals surface area contributed by atoms with Crippen LogP contribution < -0.4 is 16.2 Å². The standard InChI is InChI=1S/C17H24BrN3O3/c1-10(2)9-14(22)19-15(11(3)4)17(24)21-20-16(23)12-5-7-13(18)8-6-12/h5-8,10-11,15H,9H2,1-4H3,(H,19,22)(H,20,23)(H,21,24). The number of halogens is 1. The molecule has 0 fully saturated rings. The average Bonchev–Trinajstić information content (AvgIpc) is 2.49. The maximum absolute atomic E-state index is 12.2. The predicted octanol–water partition coefficient (Wildman–Crippen LogP) is 2.40. The summed E-state index contributed by atoms with van der Waals surface area (Å²) in [7, 11) is 0. The molecule has 0 saturated carbocycles. The van der Waals surface area contributed by atoms with Crippen molar-refractivity contribution in [3.8, 4) is 0 Å². The van der Waals surface area contributed by atoms with Gasteiger partial charge in [-0.05, 0) is 36.1 Å². The largest absolute Gasteiger partial charge is 0.344 e. The number of carbonyl (C=O) groups excluding carboxylic acids is 3. The van der Waals surface area contributed by atoms with Gasteiger partial charge in [-0.2, -0.15) is 0 Å². The van der Waals surface area contributed by atoms with Gasteiger partial charge in [-0.15, -0.1) is 0 Å². The minimum atomic E-state index is -0.707. The number of hydrogen-bond donors (Lipinski definition) is 3. The highest BCUT2D eigenvalue weighted by atomic mass is 79.9. The number of hydrazine groups is 1. The average molecular weight is 398 g/mol. The lowest BCUT2D eigenvalue weighted by Gasteiger charge is -2.22. The number of rotatable bonds is 6. The molecule has 6 nitrogen and oxygen atoms in total. The van der Waals surface area contributed by atoms with E-state index in [1.54, 1.807) is 24.3 Å². The molecule has 132 valence electrons. The third kappa shape index (κ3) is 6.70. The van der Waals surface area contributed by atoms with Crippen molar-refractivity contribution in [2.45, 2.75) is 40.2 Å². The Bertz CT molecular complexity index is 585.